The van der Waals surface area contributed by atoms with Gasteiger partial charge in [-0.15, -0.1) is 0 Å². The van der Waals surface area contributed by atoms with Gasteiger partial charge < -0.3 is 24.8 Å². The summed E-state index contributed by atoms with van der Waals surface area (Å²) in [6.45, 7) is 26.7. The zero-order valence-electron chi connectivity index (χ0n) is 36.2. The molecule has 4 aliphatic carbocycles. The van der Waals surface area contributed by atoms with Crippen molar-refractivity contribution in [3.63, 3.8) is 0 Å². The molecule has 8 rings (SSSR count). The minimum absolute atomic E-state index is 0. The minimum atomic E-state index is 0. The van der Waals surface area contributed by atoms with Crippen LogP contribution in [0.2, 0.25) is 0 Å². The molecule has 0 amide bonds. The smallest absolute Gasteiger partial charge is 0.0512 e. The fourth-order valence-electron chi connectivity index (χ4n) is 8.67. The number of rotatable bonds is 0. The fraction of sp³-hybridized carbons (Fsp3) is 0.560. The molecule has 0 nitrogen and oxygen atoms in total. The summed E-state index contributed by atoms with van der Waals surface area (Å²) in [4.78, 5) is 0. The third-order valence-electron chi connectivity index (χ3n) is 11.1. The monoisotopic (exact) mass is 922 g/mol. The van der Waals surface area contributed by atoms with E-state index in [0.29, 0.717) is 0 Å². The predicted octanol–water partition coefficient (Wildman–Crippen LogP) is 8.11. The van der Waals surface area contributed by atoms with Crippen molar-refractivity contribution in [1.82, 2.24) is 0 Å². The molecule has 4 aliphatic rings. The molecule has 4 aromatic rings. The van der Waals surface area contributed by atoms with Crippen molar-refractivity contribution in [3.05, 3.63) is 115 Å². The van der Waals surface area contributed by atoms with Gasteiger partial charge >= 0.3 is 82.6 Å². The third-order valence-corrected chi connectivity index (χ3v) is 11.1. The van der Waals surface area contributed by atoms with Crippen molar-refractivity contribution < 1.29 is 73.3 Å². The Kier molecular flexibility index (Phi) is 24.6. The maximum Gasteiger partial charge on any atom is -0.0512 e. The Morgan fingerprint density at radius 2 is 0.593 bits per heavy atom. The largest absolute Gasteiger partial charge is 1.00 e. The van der Waals surface area contributed by atoms with Crippen LogP contribution in [0.25, 0.3) is 0 Å². The normalized spacial score (nSPS) is 20.0. The molecular formula is C50H72Cl2Zr2-2. The summed E-state index contributed by atoms with van der Waals surface area (Å²) < 4.78 is 3.01. The van der Waals surface area contributed by atoms with E-state index >= 15 is 0 Å². The first kappa shape index (κ1) is 51.5. The molecule has 0 heterocycles. The zero-order valence-corrected chi connectivity index (χ0v) is 42.6. The summed E-state index contributed by atoms with van der Waals surface area (Å²) in [5, 5.41) is 0. The summed E-state index contributed by atoms with van der Waals surface area (Å²) >= 11 is 3.11. The third kappa shape index (κ3) is 17.1. The first-order valence-corrected chi connectivity index (χ1v) is 23.1. The maximum atomic E-state index is 2.36. The average molecular weight is 926 g/mol. The molecule has 0 aromatic heterocycles. The summed E-state index contributed by atoms with van der Waals surface area (Å²) in [5.74, 6) is 3.25. The molecule has 54 heavy (non-hydrogen) atoms. The van der Waals surface area contributed by atoms with Crippen molar-refractivity contribution in [1.29, 1.82) is 0 Å². The van der Waals surface area contributed by atoms with Gasteiger partial charge in [-0.2, -0.15) is 91.0 Å². The summed E-state index contributed by atoms with van der Waals surface area (Å²) in [6.07, 6.45) is 16.3. The Balaban J connectivity index is 0.000000334. The molecule has 4 atom stereocenters. The Labute approximate surface area is 375 Å². The van der Waals surface area contributed by atoms with E-state index < -0.39 is 0 Å². The molecule has 4 heteroatoms. The second-order valence-electron chi connectivity index (χ2n) is 17.2. The predicted molar refractivity (Wildman–Crippen MR) is 225 cm³/mol. The number of fused-ring (bicyclic) bond motifs is 4. The molecule has 0 radical (unpaired) electrons. The van der Waals surface area contributed by atoms with Crippen LogP contribution in [0.5, 0.6) is 0 Å². The Morgan fingerprint density at radius 3 is 0.741 bits per heavy atom. The van der Waals surface area contributed by atoms with E-state index in [-0.39, 0.29) is 24.8 Å². The first-order valence-electron chi connectivity index (χ1n) is 20.6. The van der Waals surface area contributed by atoms with Gasteiger partial charge in [-0.05, 0) is 0 Å². The number of hydrogen-bond acceptors (Lipinski definition) is 0. The van der Waals surface area contributed by atoms with Crippen LogP contribution < -0.4 is 24.8 Å². The van der Waals surface area contributed by atoms with Crippen LogP contribution >= 0.6 is 0 Å². The van der Waals surface area contributed by atoms with Crippen LogP contribution in [-0.4, -0.2) is 6.41 Å². The molecule has 0 aliphatic heterocycles. The van der Waals surface area contributed by atoms with Gasteiger partial charge in [0.25, 0.3) is 0 Å². The van der Waals surface area contributed by atoms with Crippen LogP contribution in [0.15, 0.2) is 48.5 Å². The van der Waals surface area contributed by atoms with Gasteiger partial charge in [-0.1, -0.05) is 156 Å². The van der Waals surface area contributed by atoms with E-state index in [2.05, 4.69) is 132 Å². The van der Waals surface area contributed by atoms with E-state index in [1.807, 2.05) is 0 Å². The van der Waals surface area contributed by atoms with Crippen molar-refractivity contribution in [2.45, 2.75) is 184 Å². The van der Waals surface area contributed by atoms with E-state index in [1.54, 1.807) is 93.0 Å². The molecule has 0 saturated carbocycles. The SMILES string of the molecule is C[C](C)=[Zr+2].C[C](C)=[Zr+2].Cc1cc2c([cH-]1)CCCC2C.Cc1cc2c([cH-]1)CCCC2C.Cc1cc2c([cH-]1)CCCC2C.Cc1cc2c([cH-]1)CCCC2C.[Cl-].[Cl-]. The summed E-state index contributed by atoms with van der Waals surface area (Å²) in [7, 11) is 0. The molecule has 4 aromatic carbocycles. The van der Waals surface area contributed by atoms with E-state index in [9.17, 15) is 0 Å². The molecule has 4 unspecified atom stereocenters. The van der Waals surface area contributed by atoms with Crippen molar-refractivity contribution in [3.8, 4) is 0 Å². The standard InChI is InChI=1S/4C11H15.2C3H6.2ClH.2Zr/c4*1-8-6-10-5-3-4-9(2)11(10)7-8;2*1-3-2;;;;/h4*6-7,9H,3-5H2,1-2H3;2*1-2H3;2*1H;;/q4*-1;;;;;2*+2/p-2. The fourth-order valence-corrected chi connectivity index (χ4v) is 8.67. The molecule has 0 N–H and O–H groups in total. The molecular weight excluding hydrogens is 854 g/mol. The van der Waals surface area contributed by atoms with Crippen LogP contribution in [0.3, 0.4) is 0 Å². The van der Waals surface area contributed by atoms with E-state index in [0.717, 1.165) is 23.7 Å². The van der Waals surface area contributed by atoms with Crippen molar-refractivity contribution >= 4 is 6.41 Å². The van der Waals surface area contributed by atoms with Gasteiger partial charge in [0.2, 0.25) is 0 Å². The first-order chi connectivity index (χ1) is 24.5. The molecule has 0 fully saturated rings. The zero-order chi connectivity index (χ0) is 38.5. The van der Waals surface area contributed by atoms with Gasteiger partial charge in [0.15, 0.2) is 0 Å². The van der Waals surface area contributed by atoms with Gasteiger partial charge in [-0.25, -0.2) is 24.3 Å². The van der Waals surface area contributed by atoms with E-state index in [1.165, 1.54) is 106 Å². The Bertz CT molecular complexity index is 1440. The van der Waals surface area contributed by atoms with Gasteiger partial charge in [-0.3, -0.25) is 0 Å². The van der Waals surface area contributed by atoms with Crippen LogP contribution in [0, 0.1) is 27.7 Å². The Morgan fingerprint density at radius 1 is 0.426 bits per heavy atom. The van der Waals surface area contributed by atoms with Crippen molar-refractivity contribution in [2.75, 3.05) is 0 Å². The van der Waals surface area contributed by atoms with Crippen LogP contribution in [-0.2, 0) is 74.2 Å². The number of halogens is 2. The molecule has 0 saturated heterocycles. The summed E-state index contributed by atoms with van der Waals surface area (Å²) in [5.41, 5.74) is 18.7. The quantitative estimate of drug-likeness (QED) is 0.157. The van der Waals surface area contributed by atoms with Crippen LogP contribution in [0.4, 0.5) is 0 Å². The second kappa shape index (κ2) is 25.8. The summed E-state index contributed by atoms with van der Waals surface area (Å²) in [6, 6.07) is 18.8. The number of aryl methyl sites for hydroxylation is 8. The van der Waals surface area contributed by atoms with Crippen molar-refractivity contribution in [2.24, 2.45) is 0 Å². The average Bonchev–Trinajstić information content (AvgIpc) is 3.83. The topological polar surface area (TPSA) is 0 Å². The van der Waals surface area contributed by atoms with Crippen LogP contribution in [0.1, 0.15) is 197 Å². The Hall–Kier alpha value is -0.514. The second-order valence-corrected chi connectivity index (χ2v) is 22.1. The molecule has 0 bridgehead atoms. The van der Waals surface area contributed by atoms with Gasteiger partial charge in [0, 0.05) is 0 Å². The maximum absolute atomic E-state index is 2.36. The van der Waals surface area contributed by atoms with E-state index in [4.69, 9.17) is 0 Å². The van der Waals surface area contributed by atoms with Gasteiger partial charge in [0.05, 0.1) is 0 Å². The number of hydrogen-bond donors (Lipinski definition) is 0. The molecule has 296 valence electrons. The van der Waals surface area contributed by atoms with Gasteiger partial charge in [0.1, 0.15) is 0 Å². The molecule has 0 spiro atoms. The minimum Gasteiger partial charge on any atom is -1.00 e.